The Morgan fingerprint density at radius 3 is 2.73 bits per heavy atom. The molecular weight excluding hydrogens is 296 g/mol. The fourth-order valence-corrected chi connectivity index (χ4v) is 3.13. The molecule has 0 bridgehead atoms. The van der Waals surface area contributed by atoms with E-state index in [1.807, 2.05) is 47.4 Å². The summed E-state index contributed by atoms with van der Waals surface area (Å²) in [5.74, 6) is -0.126. The average molecular weight is 312 g/mol. The van der Waals surface area contributed by atoms with E-state index in [-0.39, 0.29) is 5.91 Å². The maximum absolute atomic E-state index is 11.3. The van der Waals surface area contributed by atoms with Crippen LogP contribution in [-0.4, -0.2) is 20.4 Å². The molecule has 0 radical (unpaired) electrons. The molecule has 1 N–H and O–H groups in total. The fourth-order valence-electron chi connectivity index (χ4n) is 2.14. The molecule has 2 aromatic heterocycles. The fraction of sp³-hybridized carbons (Fsp3) is 0.188. The second kappa shape index (κ2) is 6.11. The molecule has 6 heteroatoms. The van der Waals surface area contributed by atoms with Gasteiger partial charge in [-0.3, -0.25) is 4.79 Å². The van der Waals surface area contributed by atoms with Crippen LogP contribution in [-0.2, 0) is 11.3 Å². The van der Waals surface area contributed by atoms with Crippen LogP contribution in [0.15, 0.2) is 42.9 Å². The molecule has 0 spiro atoms. The first-order chi connectivity index (χ1) is 10.7. The number of anilines is 1. The monoisotopic (exact) mass is 312 g/mol. The summed E-state index contributed by atoms with van der Waals surface area (Å²) >= 11 is 1.44. The molecule has 0 saturated carbocycles. The van der Waals surface area contributed by atoms with Crippen molar-refractivity contribution in [3.63, 3.8) is 0 Å². The molecule has 22 heavy (non-hydrogen) atoms. The zero-order valence-electron chi connectivity index (χ0n) is 12.4. The predicted molar refractivity (Wildman–Crippen MR) is 88.7 cm³/mol. The van der Waals surface area contributed by atoms with Gasteiger partial charge in [0.05, 0.1) is 16.9 Å². The number of amides is 1. The van der Waals surface area contributed by atoms with Crippen LogP contribution in [0.5, 0.6) is 0 Å². The minimum absolute atomic E-state index is 0.126. The molecule has 0 saturated heterocycles. The molecule has 0 aliphatic rings. The molecular formula is C16H16N4OS. The van der Waals surface area contributed by atoms with Crippen molar-refractivity contribution in [1.29, 1.82) is 0 Å². The van der Waals surface area contributed by atoms with E-state index in [1.54, 1.807) is 0 Å². The third kappa shape index (κ3) is 2.92. The Bertz CT molecular complexity index is 792. The highest BCUT2D eigenvalue weighted by Gasteiger charge is 2.17. The van der Waals surface area contributed by atoms with E-state index in [0.717, 1.165) is 28.4 Å². The largest absolute Gasteiger partial charge is 0.337 e. The summed E-state index contributed by atoms with van der Waals surface area (Å²) in [6, 6.07) is 9.93. The number of benzene rings is 1. The summed E-state index contributed by atoms with van der Waals surface area (Å²) in [7, 11) is 0. The first kappa shape index (κ1) is 14.5. The van der Waals surface area contributed by atoms with E-state index in [2.05, 4.69) is 22.2 Å². The Kier molecular flexibility index (Phi) is 4.02. The number of aryl methyl sites for hydroxylation is 1. The lowest BCUT2D eigenvalue weighted by Crippen LogP contribution is -2.04. The molecule has 5 nitrogen and oxygen atoms in total. The van der Waals surface area contributed by atoms with Crippen LogP contribution in [0, 0.1) is 0 Å². The summed E-state index contributed by atoms with van der Waals surface area (Å²) < 4.78 is 2.02. The van der Waals surface area contributed by atoms with Crippen LogP contribution in [0.2, 0.25) is 0 Å². The SMILES string of the molecule is CCn1cnc(-c2sc(NC(C)=O)nc2-c2ccccc2)c1. The quantitative estimate of drug-likeness (QED) is 0.800. The lowest BCUT2D eigenvalue weighted by Gasteiger charge is -1.99. The van der Waals surface area contributed by atoms with E-state index in [1.165, 1.54) is 18.3 Å². The summed E-state index contributed by atoms with van der Waals surface area (Å²) in [5, 5.41) is 3.35. The number of aromatic nitrogens is 3. The number of imidazole rings is 1. The molecule has 112 valence electrons. The summed E-state index contributed by atoms with van der Waals surface area (Å²) in [5.41, 5.74) is 2.72. The first-order valence-corrected chi connectivity index (χ1v) is 7.85. The average Bonchev–Trinajstić information content (AvgIpc) is 3.13. The van der Waals surface area contributed by atoms with Crippen LogP contribution in [0.1, 0.15) is 13.8 Å². The van der Waals surface area contributed by atoms with Crippen LogP contribution < -0.4 is 5.32 Å². The van der Waals surface area contributed by atoms with Crippen molar-refractivity contribution in [2.75, 3.05) is 5.32 Å². The van der Waals surface area contributed by atoms with Gasteiger partial charge in [-0.15, -0.1) is 0 Å². The van der Waals surface area contributed by atoms with Gasteiger partial charge in [0.2, 0.25) is 5.91 Å². The van der Waals surface area contributed by atoms with E-state index < -0.39 is 0 Å². The highest BCUT2D eigenvalue weighted by atomic mass is 32.1. The Hall–Kier alpha value is -2.47. The molecule has 0 atom stereocenters. The van der Waals surface area contributed by atoms with Gasteiger partial charge in [-0.1, -0.05) is 41.7 Å². The van der Waals surface area contributed by atoms with Crippen molar-refractivity contribution in [2.45, 2.75) is 20.4 Å². The standard InChI is InChI=1S/C16H16N4OS/c1-3-20-9-13(17-10-20)15-14(12-7-5-4-6-8-12)19-16(22-15)18-11(2)21/h4-10H,3H2,1-2H3,(H,18,19,21). The van der Waals surface area contributed by atoms with Gasteiger partial charge in [0, 0.05) is 25.2 Å². The second-order valence-corrected chi connectivity index (χ2v) is 5.83. The highest BCUT2D eigenvalue weighted by molar-refractivity contribution is 7.19. The first-order valence-electron chi connectivity index (χ1n) is 7.03. The number of thiazole rings is 1. The van der Waals surface area contributed by atoms with Gasteiger partial charge < -0.3 is 9.88 Å². The van der Waals surface area contributed by atoms with E-state index in [9.17, 15) is 4.79 Å². The van der Waals surface area contributed by atoms with Crippen molar-refractivity contribution < 1.29 is 4.79 Å². The third-order valence-electron chi connectivity index (χ3n) is 3.19. The molecule has 0 aliphatic heterocycles. The van der Waals surface area contributed by atoms with Gasteiger partial charge in [0.15, 0.2) is 5.13 Å². The lowest BCUT2D eigenvalue weighted by atomic mass is 10.1. The number of hydrogen-bond acceptors (Lipinski definition) is 4. The normalized spacial score (nSPS) is 10.6. The summed E-state index contributed by atoms with van der Waals surface area (Å²) in [6.07, 6.45) is 3.80. The smallest absolute Gasteiger partial charge is 0.223 e. The van der Waals surface area contributed by atoms with Crippen molar-refractivity contribution in [3.8, 4) is 21.8 Å². The number of carbonyl (C=O) groups is 1. The van der Waals surface area contributed by atoms with Crippen molar-refractivity contribution in [2.24, 2.45) is 0 Å². The second-order valence-electron chi connectivity index (χ2n) is 4.83. The zero-order valence-corrected chi connectivity index (χ0v) is 13.2. The van der Waals surface area contributed by atoms with E-state index >= 15 is 0 Å². The van der Waals surface area contributed by atoms with Gasteiger partial charge >= 0.3 is 0 Å². The molecule has 0 aliphatic carbocycles. The van der Waals surface area contributed by atoms with Gasteiger partial charge in [-0.05, 0) is 6.92 Å². The van der Waals surface area contributed by atoms with Crippen LogP contribution in [0.3, 0.4) is 0 Å². The maximum atomic E-state index is 11.3. The number of rotatable bonds is 4. The predicted octanol–water partition coefficient (Wildman–Crippen LogP) is 3.65. The number of carbonyl (C=O) groups excluding carboxylic acids is 1. The van der Waals surface area contributed by atoms with Crippen molar-refractivity contribution >= 4 is 22.4 Å². The summed E-state index contributed by atoms with van der Waals surface area (Å²) in [4.78, 5) is 21.3. The molecule has 0 unspecified atom stereocenters. The zero-order chi connectivity index (χ0) is 15.5. The Morgan fingerprint density at radius 2 is 2.09 bits per heavy atom. The highest BCUT2D eigenvalue weighted by Crippen LogP contribution is 2.38. The molecule has 2 heterocycles. The van der Waals surface area contributed by atoms with E-state index in [0.29, 0.717) is 5.13 Å². The van der Waals surface area contributed by atoms with Gasteiger partial charge in [-0.25, -0.2) is 9.97 Å². The Labute approximate surface area is 132 Å². The number of nitrogens with one attached hydrogen (secondary N) is 1. The van der Waals surface area contributed by atoms with Crippen LogP contribution >= 0.6 is 11.3 Å². The maximum Gasteiger partial charge on any atom is 0.223 e. The van der Waals surface area contributed by atoms with Crippen molar-refractivity contribution in [3.05, 3.63) is 42.9 Å². The lowest BCUT2D eigenvalue weighted by molar-refractivity contribution is -0.114. The summed E-state index contributed by atoms with van der Waals surface area (Å²) in [6.45, 7) is 4.42. The van der Waals surface area contributed by atoms with E-state index in [4.69, 9.17) is 0 Å². The molecule has 3 aromatic rings. The van der Waals surface area contributed by atoms with Gasteiger partial charge in [-0.2, -0.15) is 0 Å². The Morgan fingerprint density at radius 1 is 1.32 bits per heavy atom. The topological polar surface area (TPSA) is 59.8 Å². The minimum atomic E-state index is -0.126. The Balaban J connectivity index is 2.10. The van der Waals surface area contributed by atoms with Crippen molar-refractivity contribution in [1.82, 2.24) is 14.5 Å². The molecule has 1 aromatic carbocycles. The number of hydrogen-bond donors (Lipinski definition) is 1. The molecule has 0 fully saturated rings. The van der Waals surface area contributed by atoms with Gasteiger partial charge in [0.1, 0.15) is 5.69 Å². The molecule has 1 amide bonds. The molecule has 3 rings (SSSR count). The van der Waals surface area contributed by atoms with Crippen LogP contribution in [0.4, 0.5) is 5.13 Å². The third-order valence-corrected chi connectivity index (χ3v) is 4.18. The minimum Gasteiger partial charge on any atom is -0.337 e. The van der Waals surface area contributed by atoms with Gasteiger partial charge in [0.25, 0.3) is 0 Å². The number of nitrogens with zero attached hydrogens (tertiary/aromatic N) is 3. The van der Waals surface area contributed by atoms with Crippen LogP contribution in [0.25, 0.3) is 21.8 Å².